The minimum Gasteiger partial charge on any atom is -0.327 e. The molecule has 2 saturated heterocycles. The van der Waals surface area contributed by atoms with Gasteiger partial charge in [0.2, 0.25) is 11.8 Å². The van der Waals surface area contributed by atoms with Crippen LogP contribution < -0.4 is 11.3 Å². The molecule has 0 aromatic rings. The van der Waals surface area contributed by atoms with Crippen LogP contribution in [-0.4, -0.2) is 57.9 Å². The molecule has 22 heavy (non-hydrogen) atoms. The number of carbonyl (C=O) groups is 2. The van der Waals surface area contributed by atoms with Crippen molar-refractivity contribution in [3.63, 3.8) is 0 Å². The van der Waals surface area contributed by atoms with E-state index in [1.54, 1.807) is 11.8 Å². The Hall–Kier alpha value is -0.790. The maximum atomic E-state index is 12.0. The van der Waals surface area contributed by atoms with Crippen LogP contribution in [0, 0.1) is 0 Å². The topological polar surface area (TPSA) is 78.7 Å². The molecule has 2 unspecified atom stereocenters. The number of nitrogens with two attached hydrogens (primary N) is 1. The van der Waals surface area contributed by atoms with Crippen LogP contribution >= 0.6 is 11.8 Å². The second-order valence-electron chi connectivity index (χ2n) is 6.41. The standard InChI is InChI=1S/C15H28N4O2S/c1-3-4-5-6-7-15(2)14-19(13(21)11-22-14)9-8-18(15)10-12(20)17-16/h14H,3-11,16H2,1-2H3,(H,17,20). The molecule has 2 fully saturated rings. The van der Waals surface area contributed by atoms with E-state index in [2.05, 4.69) is 24.2 Å². The summed E-state index contributed by atoms with van der Waals surface area (Å²) in [6, 6.07) is 0. The highest BCUT2D eigenvalue weighted by Crippen LogP contribution is 2.42. The molecule has 3 N–H and O–H groups in total. The summed E-state index contributed by atoms with van der Waals surface area (Å²) in [5.41, 5.74) is 2.07. The van der Waals surface area contributed by atoms with Crippen LogP contribution in [-0.2, 0) is 9.59 Å². The Bertz CT molecular complexity index is 420. The van der Waals surface area contributed by atoms with Crippen LogP contribution in [0.2, 0.25) is 0 Å². The lowest BCUT2D eigenvalue weighted by Crippen LogP contribution is -2.66. The third-order valence-corrected chi connectivity index (χ3v) is 6.36. The molecule has 2 amide bonds. The Balaban J connectivity index is 2.10. The van der Waals surface area contributed by atoms with E-state index in [9.17, 15) is 9.59 Å². The first-order valence-corrected chi connectivity index (χ1v) is 9.23. The van der Waals surface area contributed by atoms with E-state index in [1.165, 1.54) is 19.3 Å². The minimum atomic E-state index is -0.164. The van der Waals surface area contributed by atoms with Gasteiger partial charge in [-0.25, -0.2) is 5.84 Å². The minimum absolute atomic E-state index is 0.154. The summed E-state index contributed by atoms with van der Waals surface area (Å²) in [7, 11) is 0. The largest absolute Gasteiger partial charge is 0.327 e. The zero-order chi connectivity index (χ0) is 16.2. The number of unbranched alkanes of at least 4 members (excludes halogenated alkanes) is 3. The summed E-state index contributed by atoms with van der Waals surface area (Å²) in [6.45, 7) is 6.15. The molecule has 7 heteroatoms. The first-order chi connectivity index (χ1) is 10.5. The third kappa shape index (κ3) is 3.58. The lowest BCUT2D eigenvalue weighted by Gasteiger charge is -2.52. The average Bonchev–Trinajstić information content (AvgIpc) is 2.89. The van der Waals surface area contributed by atoms with Gasteiger partial charge in [-0.15, -0.1) is 11.8 Å². The first-order valence-electron chi connectivity index (χ1n) is 8.18. The van der Waals surface area contributed by atoms with Crippen molar-refractivity contribution in [2.45, 2.75) is 56.9 Å². The lowest BCUT2D eigenvalue weighted by molar-refractivity contribution is -0.136. The van der Waals surface area contributed by atoms with Crippen molar-refractivity contribution in [1.29, 1.82) is 0 Å². The van der Waals surface area contributed by atoms with E-state index in [0.717, 1.165) is 19.4 Å². The number of carbonyl (C=O) groups excluding carboxylic acids is 2. The Kier molecular flexibility index (Phi) is 6.11. The number of fused-ring (bicyclic) bond motifs is 1. The molecular formula is C15H28N4O2S. The molecule has 0 saturated carbocycles. The molecular weight excluding hydrogens is 300 g/mol. The van der Waals surface area contributed by atoms with Crippen molar-refractivity contribution >= 4 is 23.6 Å². The fourth-order valence-electron chi connectivity index (χ4n) is 3.52. The van der Waals surface area contributed by atoms with Gasteiger partial charge < -0.3 is 4.90 Å². The maximum absolute atomic E-state index is 12.0. The van der Waals surface area contributed by atoms with Gasteiger partial charge in [0.15, 0.2) is 0 Å². The SMILES string of the molecule is CCCCCCC1(C)C2SCC(=O)N2CCN1CC(=O)NN. The molecule has 0 spiro atoms. The number of amides is 2. The summed E-state index contributed by atoms with van der Waals surface area (Å²) in [5, 5.41) is 0.154. The maximum Gasteiger partial charge on any atom is 0.248 e. The molecule has 0 aromatic heterocycles. The average molecular weight is 328 g/mol. The Morgan fingerprint density at radius 3 is 2.86 bits per heavy atom. The van der Waals surface area contributed by atoms with Gasteiger partial charge in [0.25, 0.3) is 0 Å². The molecule has 0 radical (unpaired) electrons. The summed E-state index contributed by atoms with van der Waals surface area (Å²) >= 11 is 1.72. The van der Waals surface area contributed by atoms with Crippen molar-refractivity contribution in [1.82, 2.24) is 15.2 Å². The van der Waals surface area contributed by atoms with E-state index in [-0.39, 0.29) is 22.7 Å². The van der Waals surface area contributed by atoms with Gasteiger partial charge in [-0.3, -0.25) is 19.9 Å². The number of hydrogen-bond donors (Lipinski definition) is 2. The number of hydrogen-bond acceptors (Lipinski definition) is 5. The fraction of sp³-hybridized carbons (Fsp3) is 0.867. The van der Waals surface area contributed by atoms with Crippen LogP contribution in [0.15, 0.2) is 0 Å². The molecule has 6 nitrogen and oxygen atoms in total. The van der Waals surface area contributed by atoms with E-state index in [1.807, 2.05) is 4.90 Å². The van der Waals surface area contributed by atoms with E-state index < -0.39 is 0 Å². The fourth-order valence-corrected chi connectivity index (χ4v) is 5.02. The molecule has 2 aliphatic heterocycles. The number of rotatable bonds is 7. The lowest BCUT2D eigenvalue weighted by atomic mass is 9.88. The van der Waals surface area contributed by atoms with Gasteiger partial charge in [-0.2, -0.15) is 0 Å². The third-order valence-electron chi connectivity index (χ3n) is 4.87. The normalized spacial score (nSPS) is 28.8. The molecule has 126 valence electrons. The summed E-state index contributed by atoms with van der Waals surface area (Å²) in [4.78, 5) is 28.0. The van der Waals surface area contributed by atoms with E-state index in [4.69, 9.17) is 5.84 Å². The highest BCUT2D eigenvalue weighted by molar-refractivity contribution is 8.01. The van der Waals surface area contributed by atoms with Gasteiger partial charge in [0.05, 0.1) is 17.7 Å². The Labute approximate surface area is 137 Å². The highest BCUT2D eigenvalue weighted by Gasteiger charge is 2.50. The van der Waals surface area contributed by atoms with Gasteiger partial charge in [-0.05, 0) is 13.3 Å². The molecule has 2 atom stereocenters. The van der Waals surface area contributed by atoms with Crippen molar-refractivity contribution in [2.24, 2.45) is 5.84 Å². The van der Waals surface area contributed by atoms with Crippen LogP contribution in [0.1, 0.15) is 46.0 Å². The smallest absolute Gasteiger partial charge is 0.248 e. The zero-order valence-corrected chi connectivity index (χ0v) is 14.5. The molecule has 0 bridgehead atoms. The van der Waals surface area contributed by atoms with Crippen molar-refractivity contribution in [3.8, 4) is 0 Å². The molecule has 2 heterocycles. The zero-order valence-electron chi connectivity index (χ0n) is 13.6. The monoisotopic (exact) mass is 328 g/mol. The predicted octanol–water partition coefficient (Wildman–Crippen LogP) is 0.923. The highest BCUT2D eigenvalue weighted by atomic mass is 32.2. The molecule has 2 aliphatic rings. The Morgan fingerprint density at radius 1 is 1.41 bits per heavy atom. The summed E-state index contributed by atoms with van der Waals surface area (Å²) in [6.07, 6.45) is 5.78. The van der Waals surface area contributed by atoms with E-state index >= 15 is 0 Å². The predicted molar refractivity (Wildman–Crippen MR) is 89.0 cm³/mol. The van der Waals surface area contributed by atoms with E-state index in [0.29, 0.717) is 18.8 Å². The van der Waals surface area contributed by atoms with Gasteiger partial charge in [0.1, 0.15) is 0 Å². The van der Waals surface area contributed by atoms with Crippen LogP contribution in [0.3, 0.4) is 0 Å². The number of nitrogens with one attached hydrogen (secondary N) is 1. The molecule has 0 aromatic carbocycles. The number of hydrazine groups is 1. The van der Waals surface area contributed by atoms with Crippen molar-refractivity contribution < 1.29 is 9.59 Å². The van der Waals surface area contributed by atoms with Crippen molar-refractivity contribution in [2.75, 3.05) is 25.4 Å². The second kappa shape index (κ2) is 7.66. The molecule has 2 rings (SSSR count). The van der Waals surface area contributed by atoms with Crippen LogP contribution in [0.25, 0.3) is 0 Å². The second-order valence-corrected chi connectivity index (χ2v) is 7.48. The number of piperazine rings is 1. The first kappa shape index (κ1) is 17.6. The van der Waals surface area contributed by atoms with Crippen molar-refractivity contribution in [3.05, 3.63) is 0 Å². The summed E-state index contributed by atoms with van der Waals surface area (Å²) in [5.74, 6) is 5.88. The number of thioether (sulfide) groups is 1. The number of nitrogens with zero attached hydrogens (tertiary/aromatic N) is 2. The van der Waals surface area contributed by atoms with Crippen LogP contribution in [0.5, 0.6) is 0 Å². The van der Waals surface area contributed by atoms with Crippen LogP contribution in [0.4, 0.5) is 0 Å². The quantitative estimate of drug-likeness (QED) is 0.314. The van der Waals surface area contributed by atoms with Gasteiger partial charge in [0, 0.05) is 18.6 Å². The molecule has 0 aliphatic carbocycles. The van der Waals surface area contributed by atoms with Gasteiger partial charge in [-0.1, -0.05) is 32.6 Å². The summed E-state index contributed by atoms with van der Waals surface area (Å²) < 4.78 is 0. The van der Waals surface area contributed by atoms with Gasteiger partial charge >= 0.3 is 0 Å². The Morgan fingerprint density at radius 2 is 2.18 bits per heavy atom.